The zero-order valence-electron chi connectivity index (χ0n) is 21.8. The molecule has 2 aliphatic heterocycles. The normalized spacial score (nSPS) is 19.2. The number of aryl methyl sites for hydroxylation is 1. The third-order valence-corrected chi connectivity index (χ3v) is 7.65. The number of aromatic nitrogens is 5. The SMILES string of the molecule is COc1ccc(N2CCN([C@H](c3cc4ccc(C)cc4[nH]c3=O)c3nnnn3C[C@@H]3CCCO3)CC2)cc1. The van der Waals surface area contributed by atoms with Gasteiger partial charge < -0.3 is 19.4 Å². The van der Waals surface area contributed by atoms with Crippen LogP contribution in [0, 0.1) is 6.92 Å². The van der Waals surface area contributed by atoms with Crippen LogP contribution in [0.15, 0.2) is 53.3 Å². The fraction of sp³-hybridized carbons (Fsp3) is 0.429. The Balaban J connectivity index is 1.34. The molecule has 2 aromatic heterocycles. The number of aromatic amines is 1. The molecule has 38 heavy (non-hydrogen) atoms. The van der Waals surface area contributed by atoms with Crippen LogP contribution in [-0.4, -0.2) is 76.1 Å². The van der Waals surface area contributed by atoms with E-state index < -0.39 is 0 Å². The molecule has 0 saturated carbocycles. The predicted molar refractivity (Wildman–Crippen MR) is 145 cm³/mol. The number of tetrazole rings is 1. The van der Waals surface area contributed by atoms with Crippen LogP contribution in [0.3, 0.4) is 0 Å². The lowest BCUT2D eigenvalue weighted by molar-refractivity contribution is 0.0906. The first-order chi connectivity index (χ1) is 18.6. The zero-order chi connectivity index (χ0) is 26.1. The van der Waals surface area contributed by atoms with Crippen molar-refractivity contribution in [3.8, 4) is 5.75 Å². The zero-order valence-corrected chi connectivity index (χ0v) is 21.8. The lowest BCUT2D eigenvalue weighted by Gasteiger charge is -2.39. The molecule has 1 N–H and O–H groups in total. The van der Waals surface area contributed by atoms with E-state index in [9.17, 15) is 4.79 Å². The van der Waals surface area contributed by atoms with Gasteiger partial charge in [0.1, 0.15) is 11.8 Å². The minimum atomic E-state index is -0.376. The summed E-state index contributed by atoms with van der Waals surface area (Å²) < 4.78 is 13.0. The Morgan fingerprint density at radius 1 is 1.11 bits per heavy atom. The van der Waals surface area contributed by atoms with Gasteiger partial charge in [-0.15, -0.1) is 5.10 Å². The number of ether oxygens (including phenoxy) is 2. The summed E-state index contributed by atoms with van der Waals surface area (Å²) in [5.41, 5.74) is 3.64. The maximum Gasteiger partial charge on any atom is 0.253 e. The fourth-order valence-corrected chi connectivity index (χ4v) is 5.58. The van der Waals surface area contributed by atoms with E-state index in [-0.39, 0.29) is 17.7 Å². The summed E-state index contributed by atoms with van der Waals surface area (Å²) in [4.78, 5) is 21.3. The molecule has 10 nitrogen and oxygen atoms in total. The highest BCUT2D eigenvalue weighted by Crippen LogP contribution is 2.30. The number of anilines is 1. The van der Waals surface area contributed by atoms with Crippen LogP contribution in [-0.2, 0) is 11.3 Å². The van der Waals surface area contributed by atoms with Crippen molar-refractivity contribution in [2.75, 3.05) is 44.8 Å². The molecule has 4 aromatic rings. The first-order valence-corrected chi connectivity index (χ1v) is 13.2. The number of methoxy groups -OCH3 is 1. The van der Waals surface area contributed by atoms with Gasteiger partial charge in [-0.05, 0) is 77.5 Å². The second-order valence-electron chi connectivity index (χ2n) is 10.1. The lowest BCUT2D eigenvalue weighted by Crippen LogP contribution is -2.49. The molecule has 10 heteroatoms. The highest BCUT2D eigenvalue weighted by Gasteiger charge is 2.33. The van der Waals surface area contributed by atoms with Crippen molar-refractivity contribution >= 4 is 16.6 Å². The van der Waals surface area contributed by atoms with Gasteiger partial charge in [0.05, 0.1) is 19.8 Å². The van der Waals surface area contributed by atoms with E-state index in [2.05, 4.69) is 54.6 Å². The van der Waals surface area contributed by atoms with Crippen molar-refractivity contribution in [3.63, 3.8) is 0 Å². The van der Waals surface area contributed by atoms with Gasteiger partial charge in [0.25, 0.3) is 5.56 Å². The van der Waals surface area contributed by atoms with E-state index in [4.69, 9.17) is 9.47 Å². The first kappa shape index (κ1) is 24.6. The number of benzene rings is 2. The van der Waals surface area contributed by atoms with E-state index in [0.29, 0.717) is 17.9 Å². The minimum absolute atomic E-state index is 0.0858. The molecule has 2 aliphatic rings. The molecule has 0 bridgehead atoms. The van der Waals surface area contributed by atoms with Crippen LogP contribution in [0.5, 0.6) is 5.75 Å². The summed E-state index contributed by atoms with van der Waals surface area (Å²) >= 11 is 0. The number of piperazine rings is 1. The van der Waals surface area contributed by atoms with Gasteiger partial charge in [-0.25, -0.2) is 4.68 Å². The maximum atomic E-state index is 13.5. The molecule has 0 amide bonds. The highest BCUT2D eigenvalue weighted by molar-refractivity contribution is 5.79. The van der Waals surface area contributed by atoms with Crippen LogP contribution in [0.4, 0.5) is 5.69 Å². The standard InChI is InChI=1S/C28H33N7O3/c1-19-5-6-20-17-24(28(36)29-25(20)16-19)26(27-30-31-32-35(27)18-23-4-3-15-38-23)34-13-11-33(12-14-34)21-7-9-22(37-2)10-8-21/h5-10,16-17,23,26H,3-4,11-15,18H2,1-2H3,(H,29,36)/t23-,26+/m0/s1. The molecule has 4 heterocycles. The highest BCUT2D eigenvalue weighted by atomic mass is 16.5. The second kappa shape index (κ2) is 10.5. The number of hydrogen-bond donors (Lipinski definition) is 1. The Hall–Kier alpha value is -3.76. The third kappa shape index (κ3) is 4.89. The quantitative estimate of drug-likeness (QED) is 0.401. The van der Waals surface area contributed by atoms with E-state index >= 15 is 0 Å². The second-order valence-corrected chi connectivity index (χ2v) is 10.1. The van der Waals surface area contributed by atoms with Crippen LogP contribution >= 0.6 is 0 Å². The Morgan fingerprint density at radius 3 is 2.66 bits per heavy atom. The molecule has 0 spiro atoms. The monoisotopic (exact) mass is 515 g/mol. The molecule has 0 aliphatic carbocycles. The van der Waals surface area contributed by atoms with E-state index in [1.54, 1.807) is 7.11 Å². The van der Waals surface area contributed by atoms with Gasteiger partial charge in [0.2, 0.25) is 0 Å². The van der Waals surface area contributed by atoms with E-state index in [0.717, 1.165) is 73.5 Å². The maximum absolute atomic E-state index is 13.5. The Labute approximate surface area is 221 Å². The smallest absolute Gasteiger partial charge is 0.253 e. The molecule has 198 valence electrons. The molecule has 6 rings (SSSR count). The summed E-state index contributed by atoms with van der Waals surface area (Å²) in [6.45, 7) is 6.53. The largest absolute Gasteiger partial charge is 0.497 e. The number of H-pyrrole nitrogens is 1. The molecule has 0 unspecified atom stereocenters. The third-order valence-electron chi connectivity index (χ3n) is 7.65. The number of rotatable bonds is 7. The minimum Gasteiger partial charge on any atom is -0.497 e. The van der Waals surface area contributed by atoms with E-state index in [1.165, 1.54) is 0 Å². The molecule has 2 atom stereocenters. The van der Waals surface area contributed by atoms with Crippen LogP contribution in [0.1, 0.15) is 35.8 Å². The van der Waals surface area contributed by atoms with Gasteiger partial charge in [0, 0.05) is 49.6 Å². The lowest BCUT2D eigenvalue weighted by atomic mass is 10.0. The summed E-state index contributed by atoms with van der Waals surface area (Å²) in [6.07, 6.45) is 2.12. The molecule has 0 radical (unpaired) electrons. The number of nitrogens with one attached hydrogen (secondary N) is 1. The van der Waals surface area contributed by atoms with Crippen molar-refractivity contribution in [3.05, 3.63) is 75.8 Å². The van der Waals surface area contributed by atoms with Gasteiger partial charge in [-0.1, -0.05) is 12.1 Å². The van der Waals surface area contributed by atoms with Gasteiger partial charge >= 0.3 is 0 Å². The number of nitrogens with zero attached hydrogens (tertiary/aromatic N) is 6. The van der Waals surface area contributed by atoms with E-state index in [1.807, 2.05) is 35.9 Å². The van der Waals surface area contributed by atoms with Crippen molar-refractivity contribution in [1.29, 1.82) is 0 Å². The topological polar surface area (TPSA) is 101 Å². The predicted octanol–water partition coefficient (Wildman–Crippen LogP) is 2.92. The number of pyridine rings is 1. The molecule has 2 aromatic carbocycles. The van der Waals surface area contributed by atoms with Gasteiger partial charge in [-0.2, -0.15) is 0 Å². The average molecular weight is 516 g/mol. The fourth-order valence-electron chi connectivity index (χ4n) is 5.58. The average Bonchev–Trinajstić information content (AvgIpc) is 3.62. The Bertz CT molecular complexity index is 1450. The Kier molecular flexibility index (Phi) is 6.82. The van der Waals surface area contributed by atoms with Crippen LogP contribution in [0.2, 0.25) is 0 Å². The summed E-state index contributed by atoms with van der Waals surface area (Å²) in [5, 5.41) is 13.8. The van der Waals surface area contributed by atoms with Crippen molar-refractivity contribution in [1.82, 2.24) is 30.1 Å². The molecular weight excluding hydrogens is 482 g/mol. The van der Waals surface area contributed by atoms with Gasteiger partial charge in [-0.3, -0.25) is 9.69 Å². The van der Waals surface area contributed by atoms with Crippen LogP contribution < -0.4 is 15.2 Å². The van der Waals surface area contributed by atoms with Crippen LogP contribution in [0.25, 0.3) is 10.9 Å². The van der Waals surface area contributed by atoms with Crippen molar-refractivity contribution in [2.45, 2.75) is 38.5 Å². The molecular formula is C28H33N7O3. The molecule has 2 saturated heterocycles. The Morgan fingerprint density at radius 2 is 1.92 bits per heavy atom. The van der Waals surface area contributed by atoms with Crippen molar-refractivity contribution < 1.29 is 9.47 Å². The number of fused-ring (bicyclic) bond motifs is 1. The summed E-state index contributed by atoms with van der Waals surface area (Å²) in [7, 11) is 1.68. The van der Waals surface area contributed by atoms with Gasteiger partial charge in [0.15, 0.2) is 5.82 Å². The summed E-state index contributed by atoms with van der Waals surface area (Å²) in [6, 6.07) is 15.9. The first-order valence-electron chi connectivity index (χ1n) is 13.2. The summed E-state index contributed by atoms with van der Waals surface area (Å²) in [5.74, 6) is 1.52. The number of hydrogen-bond acceptors (Lipinski definition) is 8. The van der Waals surface area contributed by atoms with Crippen molar-refractivity contribution in [2.24, 2.45) is 0 Å². The molecule has 2 fully saturated rings.